The van der Waals surface area contributed by atoms with E-state index < -0.39 is 12.1 Å². The minimum atomic E-state index is -0.774. The highest BCUT2D eigenvalue weighted by Gasteiger charge is 2.37. The Kier molecular flexibility index (Phi) is 7.64. The summed E-state index contributed by atoms with van der Waals surface area (Å²) in [5, 5.41) is 17.1. The molecule has 2 aliphatic rings. The standard InChI is InChI=1S/C27H31N7O4/c1-33-16-20-14-24(33)27(37)30-23(12-18-6-3-2-4-7-18)26(36)28-15-21-17-34(32-31-21)10-11-38-22-9-5-8-19(13-22)25(35)29-20/h2-9,13,17,20,23-24H,10-12,14-16H2,1H3,(H,28,36)(H,29,35)(H,30,37)/t20-,23+,24-/m0/s1. The van der Waals surface area contributed by atoms with E-state index in [2.05, 4.69) is 26.3 Å². The van der Waals surface area contributed by atoms with Gasteiger partial charge in [-0.3, -0.25) is 19.3 Å². The molecule has 3 N–H and O–H groups in total. The van der Waals surface area contributed by atoms with Gasteiger partial charge >= 0.3 is 0 Å². The normalized spacial score (nSPS) is 23.1. The second-order valence-corrected chi connectivity index (χ2v) is 9.68. The lowest BCUT2D eigenvalue weighted by atomic mass is 10.0. The Labute approximate surface area is 220 Å². The summed E-state index contributed by atoms with van der Waals surface area (Å²) in [4.78, 5) is 41.4. The zero-order valence-electron chi connectivity index (χ0n) is 21.2. The second-order valence-electron chi connectivity index (χ2n) is 9.68. The third-order valence-corrected chi connectivity index (χ3v) is 6.82. The SMILES string of the molecule is CN1C[C@@H]2C[C@H]1C(=O)N[C@H](Cc1ccccc1)C(=O)NCc1cn(nn1)CCOc1cccc(c1)C(=O)N2. The van der Waals surface area contributed by atoms with Gasteiger partial charge in [-0.15, -0.1) is 5.10 Å². The third-order valence-electron chi connectivity index (χ3n) is 6.82. The number of aromatic nitrogens is 3. The summed E-state index contributed by atoms with van der Waals surface area (Å²) in [5.41, 5.74) is 2.00. The van der Waals surface area contributed by atoms with Crippen molar-refractivity contribution in [2.75, 3.05) is 20.2 Å². The molecule has 11 heteroatoms. The van der Waals surface area contributed by atoms with E-state index in [1.54, 1.807) is 35.1 Å². The molecule has 3 aromatic rings. The van der Waals surface area contributed by atoms with Crippen molar-refractivity contribution >= 4 is 17.7 Å². The number of benzene rings is 2. The average Bonchev–Trinajstić information content (AvgIpc) is 3.53. The topological polar surface area (TPSA) is 130 Å². The molecule has 3 heterocycles. The summed E-state index contributed by atoms with van der Waals surface area (Å²) < 4.78 is 7.46. The van der Waals surface area contributed by atoms with E-state index in [1.807, 2.05) is 42.3 Å². The summed E-state index contributed by atoms with van der Waals surface area (Å²) >= 11 is 0. The number of fused-ring (bicyclic) bond motifs is 6. The van der Waals surface area contributed by atoms with Gasteiger partial charge < -0.3 is 20.7 Å². The van der Waals surface area contributed by atoms with Crippen LogP contribution in [0.25, 0.3) is 0 Å². The van der Waals surface area contributed by atoms with E-state index in [4.69, 9.17) is 4.74 Å². The molecule has 0 radical (unpaired) electrons. The number of hydrogen-bond donors (Lipinski definition) is 3. The minimum Gasteiger partial charge on any atom is -0.492 e. The van der Waals surface area contributed by atoms with Crippen molar-refractivity contribution in [2.45, 2.75) is 44.1 Å². The monoisotopic (exact) mass is 517 g/mol. The first-order chi connectivity index (χ1) is 18.4. The molecular weight excluding hydrogens is 486 g/mol. The van der Waals surface area contributed by atoms with Crippen molar-refractivity contribution in [1.29, 1.82) is 0 Å². The summed E-state index contributed by atoms with van der Waals surface area (Å²) in [5.74, 6) is -0.217. The number of rotatable bonds is 2. The fourth-order valence-electron chi connectivity index (χ4n) is 4.82. The van der Waals surface area contributed by atoms with Gasteiger partial charge in [0, 0.05) is 24.6 Å². The fraction of sp³-hybridized carbons (Fsp3) is 0.370. The number of carbonyl (C=O) groups is 3. The van der Waals surface area contributed by atoms with Crippen molar-refractivity contribution in [2.24, 2.45) is 0 Å². The summed E-state index contributed by atoms with van der Waals surface area (Å²) in [7, 11) is 1.84. The molecule has 1 fully saturated rings. The number of likely N-dealkylation sites (N-methyl/N-ethyl adjacent to an activating group) is 1. The second kappa shape index (κ2) is 11.4. The zero-order valence-corrected chi connectivity index (χ0v) is 21.2. The lowest BCUT2D eigenvalue weighted by Gasteiger charge is -2.23. The van der Waals surface area contributed by atoms with E-state index >= 15 is 0 Å². The van der Waals surface area contributed by atoms with Gasteiger partial charge in [-0.1, -0.05) is 41.6 Å². The number of carbonyl (C=O) groups excluding carboxylic acids is 3. The Bertz CT molecular complexity index is 1300. The quantitative estimate of drug-likeness (QED) is 0.452. The number of hydrogen-bond acceptors (Lipinski definition) is 7. The maximum atomic E-state index is 13.3. The fourth-order valence-corrected chi connectivity index (χ4v) is 4.82. The largest absolute Gasteiger partial charge is 0.492 e. The van der Waals surface area contributed by atoms with E-state index in [9.17, 15) is 14.4 Å². The van der Waals surface area contributed by atoms with Crippen LogP contribution in [0.15, 0.2) is 60.8 Å². The molecule has 0 saturated carbocycles. The molecular formula is C27H31N7O4. The Morgan fingerprint density at radius 3 is 2.71 bits per heavy atom. The van der Waals surface area contributed by atoms with Gasteiger partial charge in [-0.05, 0) is 37.2 Å². The van der Waals surface area contributed by atoms with E-state index in [0.717, 1.165) is 5.56 Å². The van der Waals surface area contributed by atoms with Gasteiger partial charge in [-0.25, -0.2) is 4.68 Å². The smallest absolute Gasteiger partial charge is 0.251 e. The van der Waals surface area contributed by atoms with Crippen molar-refractivity contribution in [3.8, 4) is 5.75 Å². The highest BCUT2D eigenvalue weighted by atomic mass is 16.5. The van der Waals surface area contributed by atoms with Crippen molar-refractivity contribution in [3.05, 3.63) is 77.6 Å². The van der Waals surface area contributed by atoms with Crippen LogP contribution in [0.4, 0.5) is 0 Å². The summed E-state index contributed by atoms with van der Waals surface area (Å²) in [6.45, 7) is 1.48. The Morgan fingerprint density at radius 2 is 1.87 bits per heavy atom. The molecule has 198 valence electrons. The van der Waals surface area contributed by atoms with Crippen LogP contribution in [0.3, 0.4) is 0 Å². The first kappa shape index (κ1) is 25.4. The van der Waals surface area contributed by atoms with Crippen molar-refractivity contribution < 1.29 is 19.1 Å². The predicted molar refractivity (Wildman–Crippen MR) is 138 cm³/mol. The molecule has 5 rings (SSSR count). The maximum absolute atomic E-state index is 13.3. The third kappa shape index (κ3) is 6.17. The number of amides is 3. The van der Waals surface area contributed by atoms with Crippen LogP contribution in [0.2, 0.25) is 0 Å². The first-order valence-corrected chi connectivity index (χ1v) is 12.7. The number of ether oxygens (including phenoxy) is 1. The van der Waals surface area contributed by atoms with Gasteiger partial charge in [-0.2, -0.15) is 0 Å². The van der Waals surface area contributed by atoms with E-state index in [0.29, 0.717) is 49.5 Å². The van der Waals surface area contributed by atoms with Crippen LogP contribution in [0, 0.1) is 0 Å². The zero-order chi connectivity index (χ0) is 26.5. The number of likely N-dealkylation sites (tertiary alicyclic amines) is 1. The van der Waals surface area contributed by atoms with Crippen molar-refractivity contribution in [3.63, 3.8) is 0 Å². The highest BCUT2D eigenvalue weighted by Crippen LogP contribution is 2.19. The Hall–Kier alpha value is -4.25. The van der Waals surface area contributed by atoms with Gasteiger partial charge in [0.25, 0.3) is 5.91 Å². The first-order valence-electron chi connectivity index (χ1n) is 12.7. The molecule has 11 nitrogen and oxygen atoms in total. The van der Waals surface area contributed by atoms with Gasteiger partial charge in [0.2, 0.25) is 11.8 Å². The molecule has 38 heavy (non-hydrogen) atoms. The van der Waals surface area contributed by atoms with E-state index in [-0.39, 0.29) is 30.3 Å². The maximum Gasteiger partial charge on any atom is 0.251 e. The minimum absolute atomic E-state index is 0.181. The van der Waals surface area contributed by atoms with Crippen LogP contribution < -0.4 is 20.7 Å². The van der Waals surface area contributed by atoms with Crippen molar-refractivity contribution in [1.82, 2.24) is 35.8 Å². The van der Waals surface area contributed by atoms with Crippen LogP contribution in [0.1, 0.15) is 28.0 Å². The van der Waals surface area contributed by atoms with Crippen LogP contribution in [0.5, 0.6) is 5.75 Å². The molecule has 3 atom stereocenters. The molecule has 1 saturated heterocycles. The molecule has 0 unspecified atom stereocenters. The number of nitrogens with one attached hydrogen (secondary N) is 3. The summed E-state index contributed by atoms with van der Waals surface area (Å²) in [6, 6.07) is 15.1. The predicted octanol–water partition coefficient (Wildman–Crippen LogP) is 0.517. The van der Waals surface area contributed by atoms with Crippen LogP contribution in [-0.2, 0) is 29.1 Å². The van der Waals surface area contributed by atoms with Gasteiger partial charge in [0.1, 0.15) is 24.1 Å². The summed E-state index contributed by atoms with van der Waals surface area (Å²) in [6.07, 6.45) is 2.52. The lowest BCUT2D eigenvalue weighted by molar-refractivity contribution is -0.131. The van der Waals surface area contributed by atoms with Gasteiger partial charge in [0.05, 0.1) is 25.3 Å². The molecule has 1 aromatic heterocycles. The Morgan fingerprint density at radius 1 is 1.03 bits per heavy atom. The molecule has 0 spiro atoms. The average molecular weight is 518 g/mol. The van der Waals surface area contributed by atoms with Crippen LogP contribution >= 0.6 is 0 Å². The Balaban J connectivity index is 1.38. The molecule has 6 bridgehead atoms. The molecule has 3 amide bonds. The van der Waals surface area contributed by atoms with E-state index in [1.165, 1.54) is 0 Å². The van der Waals surface area contributed by atoms with Crippen LogP contribution in [-0.4, -0.2) is 75.9 Å². The molecule has 2 aromatic carbocycles. The number of nitrogens with zero attached hydrogens (tertiary/aromatic N) is 4. The lowest BCUT2D eigenvalue weighted by Crippen LogP contribution is -2.52. The molecule has 2 aliphatic heterocycles. The molecule has 0 aliphatic carbocycles. The van der Waals surface area contributed by atoms with Gasteiger partial charge in [0.15, 0.2) is 0 Å². The highest BCUT2D eigenvalue weighted by molar-refractivity contribution is 5.95.